The molecule has 160 valence electrons. The van der Waals surface area contributed by atoms with E-state index in [0.29, 0.717) is 23.6 Å². The van der Waals surface area contributed by atoms with Crippen LogP contribution in [-0.2, 0) is 6.42 Å². The normalized spacial score (nSPS) is 16.7. The molecule has 6 N–H and O–H groups in total. The maximum Gasteiger partial charge on any atom is 0.119 e. The van der Waals surface area contributed by atoms with Gasteiger partial charge in [0, 0.05) is 5.02 Å². The maximum atomic E-state index is 10.4. The highest BCUT2D eigenvalue weighted by molar-refractivity contribution is 6.31. The minimum absolute atomic E-state index is 0.285. The van der Waals surface area contributed by atoms with Gasteiger partial charge in [0.1, 0.15) is 36.3 Å². The minimum Gasteiger partial charge on any atom is -0.494 e. The summed E-state index contributed by atoms with van der Waals surface area (Å²) in [6.45, 7) is 1.68. The van der Waals surface area contributed by atoms with Crippen LogP contribution >= 0.6 is 11.6 Å². The van der Waals surface area contributed by atoms with Gasteiger partial charge in [-0.3, -0.25) is 0 Å². The Morgan fingerprint density at radius 2 is 1.55 bits per heavy atom. The molecule has 2 aromatic carbocycles. The summed E-state index contributed by atoms with van der Waals surface area (Å²) in [6.07, 6.45) is -8.19. The lowest BCUT2D eigenvalue weighted by Crippen LogP contribution is -2.47. The van der Waals surface area contributed by atoms with Crippen molar-refractivity contribution in [1.82, 2.24) is 0 Å². The molecule has 0 aliphatic heterocycles. The third-order valence-corrected chi connectivity index (χ3v) is 5.01. The molecule has 0 radical (unpaired) electrons. The average Bonchev–Trinajstić information content (AvgIpc) is 2.74. The molecule has 0 bridgehead atoms. The molecule has 0 aliphatic rings. The Kier molecular flexibility index (Phi) is 8.85. The quantitative estimate of drug-likeness (QED) is 0.331. The van der Waals surface area contributed by atoms with E-state index < -0.39 is 37.1 Å². The van der Waals surface area contributed by atoms with Crippen LogP contribution < -0.4 is 4.74 Å². The highest BCUT2D eigenvalue weighted by Gasteiger charge is 2.34. The van der Waals surface area contributed by atoms with Crippen LogP contribution in [0.2, 0.25) is 5.02 Å². The van der Waals surface area contributed by atoms with Crippen LogP contribution in [0.15, 0.2) is 42.5 Å². The van der Waals surface area contributed by atoms with Gasteiger partial charge in [-0.05, 0) is 48.2 Å². The van der Waals surface area contributed by atoms with Crippen molar-refractivity contribution >= 4 is 11.6 Å². The van der Waals surface area contributed by atoms with E-state index in [0.717, 1.165) is 11.3 Å². The lowest BCUT2D eigenvalue weighted by atomic mass is 9.93. The molecule has 2 rings (SSSR count). The van der Waals surface area contributed by atoms with Gasteiger partial charge in [-0.25, -0.2) is 0 Å². The monoisotopic (exact) mass is 426 g/mol. The van der Waals surface area contributed by atoms with Crippen molar-refractivity contribution in [2.75, 3.05) is 13.2 Å². The number of halogens is 1. The largest absolute Gasteiger partial charge is 0.494 e. The van der Waals surface area contributed by atoms with E-state index in [1.165, 1.54) is 6.07 Å². The standard InChI is InChI=1S/C21H27ClO7/c1-2-29-15-6-3-12(4-7-15)9-14-10-13(5-8-16(14)22)18(25)20(27)21(28)19(26)17(24)11-23/h3-8,10,17-21,23-28H,2,9,11H2,1H3/t17?,18?,19-,20+,21+/m1/s1. The maximum absolute atomic E-state index is 10.4. The summed E-state index contributed by atoms with van der Waals surface area (Å²) < 4.78 is 5.41. The number of aliphatic hydroxyl groups is 6. The number of benzene rings is 2. The topological polar surface area (TPSA) is 131 Å². The Morgan fingerprint density at radius 3 is 2.14 bits per heavy atom. The van der Waals surface area contributed by atoms with E-state index in [1.54, 1.807) is 12.1 Å². The van der Waals surface area contributed by atoms with Crippen molar-refractivity contribution in [2.24, 2.45) is 0 Å². The van der Waals surface area contributed by atoms with Gasteiger partial charge < -0.3 is 35.4 Å². The van der Waals surface area contributed by atoms with Crippen molar-refractivity contribution in [2.45, 2.75) is 43.9 Å². The first kappa shape index (κ1) is 23.6. The van der Waals surface area contributed by atoms with E-state index in [9.17, 15) is 25.5 Å². The predicted molar refractivity (Wildman–Crippen MR) is 108 cm³/mol. The van der Waals surface area contributed by atoms with Gasteiger partial charge in [0.2, 0.25) is 0 Å². The van der Waals surface area contributed by atoms with E-state index in [4.69, 9.17) is 21.4 Å². The minimum atomic E-state index is -1.86. The molecule has 0 amide bonds. The molecule has 0 aliphatic carbocycles. The zero-order valence-electron chi connectivity index (χ0n) is 16.0. The lowest BCUT2D eigenvalue weighted by Gasteiger charge is -2.28. The Balaban J connectivity index is 2.16. The van der Waals surface area contributed by atoms with Crippen molar-refractivity contribution in [3.8, 4) is 5.75 Å². The van der Waals surface area contributed by atoms with Gasteiger partial charge in [-0.2, -0.15) is 0 Å². The number of ether oxygens (including phenoxy) is 1. The molecule has 0 spiro atoms. The highest BCUT2D eigenvalue weighted by atomic mass is 35.5. The Labute approximate surface area is 174 Å². The summed E-state index contributed by atoms with van der Waals surface area (Å²) in [5.74, 6) is 0.757. The summed E-state index contributed by atoms with van der Waals surface area (Å²) in [5.41, 5.74) is 1.95. The molecular weight excluding hydrogens is 400 g/mol. The fourth-order valence-electron chi connectivity index (χ4n) is 2.93. The second kappa shape index (κ2) is 10.9. The molecular formula is C21H27ClO7. The van der Waals surface area contributed by atoms with Crippen molar-refractivity contribution in [3.63, 3.8) is 0 Å². The van der Waals surface area contributed by atoms with Gasteiger partial charge in [-0.15, -0.1) is 0 Å². The molecule has 0 fully saturated rings. The molecule has 5 atom stereocenters. The third kappa shape index (κ3) is 6.13. The molecule has 8 heteroatoms. The van der Waals surface area contributed by atoms with E-state index in [1.807, 2.05) is 31.2 Å². The first-order valence-electron chi connectivity index (χ1n) is 9.29. The van der Waals surface area contributed by atoms with Gasteiger partial charge >= 0.3 is 0 Å². The molecule has 7 nitrogen and oxygen atoms in total. The Bertz CT molecular complexity index is 768. The predicted octanol–water partition coefficient (Wildman–Crippen LogP) is 0.799. The summed E-state index contributed by atoms with van der Waals surface area (Å²) in [4.78, 5) is 0. The SMILES string of the molecule is CCOc1ccc(Cc2cc(C(O)[C@H](O)[C@@H](O)[C@H](O)C(O)CO)ccc2Cl)cc1. The first-order valence-corrected chi connectivity index (χ1v) is 9.67. The van der Waals surface area contributed by atoms with Gasteiger partial charge in [-0.1, -0.05) is 35.9 Å². The first-order chi connectivity index (χ1) is 13.8. The molecule has 0 aromatic heterocycles. The zero-order chi connectivity index (χ0) is 21.6. The molecule has 0 saturated carbocycles. The second-order valence-corrected chi connectivity index (χ2v) is 7.18. The number of hydrogen-bond donors (Lipinski definition) is 6. The Morgan fingerprint density at radius 1 is 0.897 bits per heavy atom. The Hall–Kier alpha value is -1.71. The summed E-state index contributed by atoms with van der Waals surface area (Å²) >= 11 is 6.27. The number of aliphatic hydroxyl groups excluding tert-OH is 6. The van der Waals surface area contributed by atoms with Crippen molar-refractivity contribution in [1.29, 1.82) is 0 Å². The van der Waals surface area contributed by atoms with Crippen LogP contribution in [0.25, 0.3) is 0 Å². The fourth-order valence-corrected chi connectivity index (χ4v) is 3.11. The molecule has 0 heterocycles. The molecule has 0 saturated heterocycles. The van der Waals surface area contributed by atoms with Crippen LogP contribution in [0.3, 0.4) is 0 Å². The van der Waals surface area contributed by atoms with Crippen LogP contribution in [0.1, 0.15) is 29.7 Å². The summed E-state index contributed by atoms with van der Waals surface area (Å²) in [7, 11) is 0. The highest BCUT2D eigenvalue weighted by Crippen LogP contribution is 2.27. The van der Waals surface area contributed by atoms with Gasteiger partial charge in [0.25, 0.3) is 0 Å². The summed E-state index contributed by atoms with van der Waals surface area (Å²) in [5, 5.41) is 59.1. The smallest absolute Gasteiger partial charge is 0.119 e. The van der Waals surface area contributed by atoms with E-state index >= 15 is 0 Å². The number of hydrogen-bond acceptors (Lipinski definition) is 7. The van der Waals surface area contributed by atoms with Crippen LogP contribution in [-0.4, -0.2) is 68.3 Å². The molecule has 2 unspecified atom stereocenters. The zero-order valence-corrected chi connectivity index (χ0v) is 16.8. The van der Waals surface area contributed by atoms with Crippen molar-refractivity contribution < 1.29 is 35.4 Å². The second-order valence-electron chi connectivity index (χ2n) is 6.77. The van der Waals surface area contributed by atoms with Crippen LogP contribution in [0.4, 0.5) is 0 Å². The third-order valence-electron chi connectivity index (χ3n) is 4.64. The van der Waals surface area contributed by atoms with Crippen LogP contribution in [0.5, 0.6) is 5.75 Å². The average molecular weight is 427 g/mol. The molecule has 29 heavy (non-hydrogen) atoms. The van der Waals surface area contributed by atoms with Crippen molar-refractivity contribution in [3.05, 3.63) is 64.2 Å². The fraction of sp³-hybridized carbons (Fsp3) is 0.429. The summed E-state index contributed by atoms with van der Waals surface area (Å²) in [6, 6.07) is 12.2. The molecule has 2 aromatic rings. The lowest BCUT2D eigenvalue weighted by molar-refractivity contribution is -0.141. The van der Waals surface area contributed by atoms with E-state index in [-0.39, 0.29) is 5.56 Å². The van der Waals surface area contributed by atoms with E-state index in [2.05, 4.69) is 0 Å². The van der Waals surface area contributed by atoms with Crippen LogP contribution in [0, 0.1) is 0 Å². The van der Waals surface area contributed by atoms with Gasteiger partial charge in [0.05, 0.1) is 13.2 Å². The number of rotatable bonds is 10. The van der Waals surface area contributed by atoms with Gasteiger partial charge in [0.15, 0.2) is 0 Å².